The Morgan fingerprint density at radius 3 is 2.52 bits per heavy atom. The third kappa shape index (κ3) is 4.18. The van der Waals surface area contributed by atoms with E-state index in [0.29, 0.717) is 32.4 Å². The van der Waals surface area contributed by atoms with Gasteiger partial charge in [-0.2, -0.15) is 0 Å². The van der Waals surface area contributed by atoms with Crippen molar-refractivity contribution in [3.8, 4) is 11.1 Å². The van der Waals surface area contributed by atoms with Gasteiger partial charge in [-0.1, -0.05) is 43.3 Å². The molecule has 0 spiro atoms. The largest absolute Gasteiger partial charge is 0.369 e. The van der Waals surface area contributed by atoms with Crippen molar-refractivity contribution in [2.24, 2.45) is 11.1 Å². The van der Waals surface area contributed by atoms with Crippen molar-refractivity contribution in [1.82, 2.24) is 4.90 Å². The molecule has 27 heavy (non-hydrogen) atoms. The zero-order chi connectivity index (χ0) is 19.4. The van der Waals surface area contributed by atoms with Gasteiger partial charge < -0.3 is 10.6 Å². The molecule has 1 fully saturated rings. The van der Waals surface area contributed by atoms with E-state index in [9.17, 15) is 14.0 Å². The second-order valence-corrected chi connectivity index (χ2v) is 7.30. The molecule has 1 heterocycles. The number of carbonyl (C=O) groups is 2. The van der Waals surface area contributed by atoms with E-state index in [4.69, 9.17) is 5.73 Å². The van der Waals surface area contributed by atoms with Gasteiger partial charge in [-0.3, -0.25) is 9.59 Å². The molecule has 2 aromatic rings. The van der Waals surface area contributed by atoms with Crippen LogP contribution in [-0.4, -0.2) is 29.8 Å². The van der Waals surface area contributed by atoms with Crippen LogP contribution in [0.15, 0.2) is 48.5 Å². The summed E-state index contributed by atoms with van der Waals surface area (Å²) in [5.74, 6) is -0.603. The van der Waals surface area contributed by atoms with Gasteiger partial charge in [-0.05, 0) is 48.1 Å². The van der Waals surface area contributed by atoms with E-state index in [1.54, 1.807) is 11.0 Å². The summed E-state index contributed by atoms with van der Waals surface area (Å²) in [6.07, 6.45) is 2.32. The molecule has 0 bridgehead atoms. The van der Waals surface area contributed by atoms with Crippen LogP contribution in [0, 0.1) is 11.2 Å². The molecule has 1 atom stereocenters. The maximum atomic E-state index is 13.5. The van der Waals surface area contributed by atoms with Crippen LogP contribution in [0.4, 0.5) is 4.39 Å². The Kier molecular flexibility index (Phi) is 5.59. The highest BCUT2D eigenvalue weighted by atomic mass is 19.1. The number of hydrogen-bond donors (Lipinski definition) is 1. The smallest absolute Gasteiger partial charge is 0.225 e. The summed E-state index contributed by atoms with van der Waals surface area (Å²) >= 11 is 0. The van der Waals surface area contributed by atoms with Crippen molar-refractivity contribution in [1.29, 1.82) is 0 Å². The van der Waals surface area contributed by atoms with Crippen molar-refractivity contribution in [3.63, 3.8) is 0 Å². The number of halogens is 1. The van der Waals surface area contributed by atoms with Gasteiger partial charge in [-0.25, -0.2) is 4.39 Å². The predicted octanol–water partition coefficient (Wildman–Crippen LogP) is 3.54. The Balaban J connectivity index is 1.88. The van der Waals surface area contributed by atoms with Crippen LogP contribution in [0.25, 0.3) is 11.1 Å². The van der Waals surface area contributed by atoms with E-state index >= 15 is 0 Å². The maximum Gasteiger partial charge on any atom is 0.225 e. The monoisotopic (exact) mass is 368 g/mol. The molecule has 142 valence electrons. The average molecular weight is 368 g/mol. The molecule has 0 aliphatic carbocycles. The molecule has 2 aromatic carbocycles. The first-order valence-electron chi connectivity index (χ1n) is 9.36. The Morgan fingerprint density at radius 2 is 1.85 bits per heavy atom. The van der Waals surface area contributed by atoms with Crippen molar-refractivity contribution in [2.45, 2.75) is 32.6 Å². The Bertz CT molecular complexity index is 852. The molecule has 2 amide bonds. The molecule has 1 unspecified atom stereocenters. The molecule has 0 saturated carbocycles. The van der Waals surface area contributed by atoms with E-state index in [-0.39, 0.29) is 17.6 Å². The first kappa shape index (κ1) is 19.1. The topological polar surface area (TPSA) is 63.4 Å². The van der Waals surface area contributed by atoms with Crippen LogP contribution >= 0.6 is 0 Å². The van der Waals surface area contributed by atoms with E-state index in [1.807, 2.05) is 37.3 Å². The molecule has 2 N–H and O–H groups in total. The molecule has 3 rings (SSSR count). The number of nitrogens with zero attached hydrogens (tertiary/aromatic N) is 1. The number of primary amides is 1. The van der Waals surface area contributed by atoms with Gasteiger partial charge in [0.15, 0.2) is 0 Å². The van der Waals surface area contributed by atoms with Crippen molar-refractivity contribution in [3.05, 3.63) is 59.9 Å². The number of rotatable bonds is 5. The number of carbonyl (C=O) groups excluding carboxylic acids is 2. The van der Waals surface area contributed by atoms with Gasteiger partial charge in [0, 0.05) is 19.5 Å². The Morgan fingerprint density at radius 1 is 1.15 bits per heavy atom. The molecule has 1 aliphatic rings. The normalized spacial score (nSPS) is 19.7. The lowest BCUT2D eigenvalue weighted by atomic mass is 9.74. The highest BCUT2D eigenvalue weighted by molar-refractivity contribution is 5.83. The summed E-state index contributed by atoms with van der Waals surface area (Å²) in [4.78, 5) is 26.3. The van der Waals surface area contributed by atoms with Crippen LogP contribution in [-0.2, 0) is 16.0 Å². The highest BCUT2D eigenvalue weighted by Gasteiger charge is 2.41. The van der Waals surface area contributed by atoms with Crippen molar-refractivity contribution < 1.29 is 14.0 Å². The molecule has 5 heteroatoms. The fourth-order valence-electron chi connectivity index (χ4n) is 3.92. The summed E-state index contributed by atoms with van der Waals surface area (Å²) in [5.41, 5.74) is 7.68. The maximum absolute atomic E-state index is 13.5. The lowest BCUT2D eigenvalue weighted by molar-refractivity contribution is -0.139. The van der Waals surface area contributed by atoms with Crippen molar-refractivity contribution >= 4 is 11.8 Å². The van der Waals surface area contributed by atoms with Gasteiger partial charge >= 0.3 is 0 Å². The van der Waals surface area contributed by atoms with Crippen LogP contribution in [0.5, 0.6) is 0 Å². The zero-order valence-electron chi connectivity index (χ0n) is 15.6. The standard InChI is InChI=1S/C22H25FN2O2/c1-2-20(26)25-11-5-10-22(15-25,21(24)27)14-16-6-3-7-17(12-16)18-8-4-9-19(23)13-18/h3-4,6-9,12-13H,2,5,10-11,14-15H2,1H3,(H2,24,27). The Labute approximate surface area is 159 Å². The van der Waals surface area contributed by atoms with E-state index < -0.39 is 5.41 Å². The number of piperidine rings is 1. The summed E-state index contributed by atoms with van der Waals surface area (Å²) in [7, 11) is 0. The summed E-state index contributed by atoms with van der Waals surface area (Å²) in [5, 5.41) is 0. The van der Waals surface area contributed by atoms with Gasteiger partial charge in [0.25, 0.3) is 0 Å². The lowest BCUT2D eigenvalue weighted by Crippen LogP contribution is -2.53. The number of nitrogens with two attached hydrogens (primary N) is 1. The molecule has 4 nitrogen and oxygen atoms in total. The minimum Gasteiger partial charge on any atom is -0.369 e. The minimum absolute atomic E-state index is 0.0498. The number of benzene rings is 2. The molecule has 0 radical (unpaired) electrons. The molecule has 1 saturated heterocycles. The average Bonchev–Trinajstić information content (AvgIpc) is 2.67. The second-order valence-electron chi connectivity index (χ2n) is 7.30. The zero-order valence-corrected chi connectivity index (χ0v) is 15.6. The fourth-order valence-corrected chi connectivity index (χ4v) is 3.92. The quantitative estimate of drug-likeness (QED) is 0.877. The third-order valence-corrected chi connectivity index (χ3v) is 5.38. The van der Waals surface area contributed by atoms with Gasteiger partial charge in [0.1, 0.15) is 5.82 Å². The number of amides is 2. The minimum atomic E-state index is -0.760. The predicted molar refractivity (Wildman–Crippen MR) is 103 cm³/mol. The summed E-state index contributed by atoms with van der Waals surface area (Å²) in [6, 6.07) is 14.2. The Hall–Kier alpha value is -2.69. The van der Waals surface area contributed by atoms with Crippen LogP contribution in [0.2, 0.25) is 0 Å². The molecular formula is C22H25FN2O2. The first-order valence-corrected chi connectivity index (χ1v) is 9.36. The number of likely N-dealkylation sites (tertiary alicyclic amines) is 1. The van der Waals surface area contributed by atoms with E-state index in [2.05, 4.69) is 0 Å². The molecular weight excluding hydrogens is 343 g/mol. The fraction of sp³-hybridized carbons (Fsp3) is 0.364. The molecule has 0 aromatic heterocycles. The second kappa shape index (κ2) is 7.91. The molecule has 1 aliphatic heterocycles. The summed E-state index contributed by atoms with van der Waals surface area (Å²) in [6.45, 7) is 2.86. The van der Waals surface area contributed by atoms with E-state index in [1.165, 1.54) is 12.1 Å². The lowest BCUT2D eigenvalue weighted by Gasteiger charge is -2.41. The van der Waals surface area contributed by atoms with Crippen LogP contribution in [0.3, 0.4) is 0 Å². The van der Waals surface area contributed by atoms with Gasteiger partial charge in [0.05, 0.1) is 5.41 Å². The summed E-state index contributed by atoms with van der Waals surface area (Å²) < 4.78 is 13.5. The van der Waals surface area contributed by atoms with Gasteiger partial charge in [0.2, 0.25) is 11.8 Å². The SMILES string of the molecule is CCC(=O)N1CCCC(Cc2cccc(-c3cccc(F)c3)c2)(C(N)=O)C1. The highest BCUT2D eigenvalue weighted by Crippen LogP contribution is 2.35. The van der Waals surface area contributed by atoms with Gasteiger partial charge in [-0.15, -0.1) is 0 Å². The van der Waals surface area contributed by atoms with Crippen molar-refractivity contribution in [2.75, 3.05) is 13.1 Å². The third-order valence-electron chi connectivity index (χ3n) is 5.38. The van der Waals surface area contributed by atoms with E-state index in [0.717, 1.165) is 23.1 Å². The number of hydrogen-bond acceptors (Lipinski definition) is 2. The van der Waals surface area contributed by atoms with Crippen LogP contribution < -0.4 is 5.73 Å². The van der Waals surface area contributed by atoms with Crippen LogP contribution in [0.1, 0.15) is 31.7 Å². The first-order chi connectivity index (χ1) is 12.9.